The summed E-state index contributed by atoms with van der Waals surface area (Å²) in [7, 11) is 0. The molecule has 110 valence electrons. The fourth-order valence-electron chi connectivity index (χ4n) is 5.07. The minimum atomic E-state index is 0.373. The van der Waals surface area contributed by atoms with E-state index in [1.54, 1.807) is 0 Å². The third kappa shape index (κ3) is 2.71. The number of hydrogen-bond acceptors (Lipinski definition) is 2. The van der Waals surface area contributed by atoms with Crippen molar-refractivity contribution in [3.63, 3.8) is 0 Å². The highest BCUT2D eigenvalue weighted by atomic mass is 15.2. The monoisotopic (exact) mass is 264 g/mol. The van der Waals surface area contributed by atoms with Crippen LogP contribution in [-0.4, -0.2) is 30.1 Å². The van der Waals surface area contributed by atoms with Crippen LogP contribution in [0.3, 0.4) is 0 Å². The minimum absolute atomic E-state index is 0.373. The molecule has 1 heterocycles. The summed E-state index contributed by atoms with van der Waals surface area (Å²) in [6.45, 7) is 3.51. The van der Waals surface area contributed by atoms with E-state index < -0.39 is 0 Å². The normalized spacial score (nSPS) is 31.4. The molecule has 2 heteroatoms. The molecular formula is C17H32N2. The van der Waals surface area contributed by atoms with E-state index in [9.17, 15) is 0 Å². The van der Waals surface area contributed by atoms with E-state index in [2.05, 4.69) is 4.90 Å². The van der Waals surface area contributed by atoms with Gasteiger partial charge in [0.1, 0.15) is 0 Å². The molecule has 1 spiro atoms. The molecular weight excluding hydrogens is 232 g/mol. The Balaban J connectivity index is 1.67. The van der Waals surface area contributed by atoms with E-state index in [1.807, 2.05) is 0 Å². The van der Waals surface area contributed by atoms with Gasteiger partial charge in [-0.25, -0.2) is 0 Å². The van der Waals surface area contributed by atoms with Crippen molar-refractivity contribution in [1.29, 1.82) is 0 Å². The van der Waals surface area contributed by atoms with Gasteiger partial charge in [-0.1, -0.05) is 25.7 Å². The van der Waals surface area contributed by atoms with Gasteiger partial charge in [0.25, 0.3) is 0 Å². The first-order valence-corrected chi connectivity index (χ1v) is 8.74. The first-order chi connectivity index (χ1) is 9.29. The molecule has 0 amide bonds. The zero-order valence-corrected chi connectivity index (χ0v) is 12.6. The highest BCUT2D eigenvalue weighted by Gasteiger charge is 2.45. The van der Waals surface area contributed by atoms with E-state index >= 15 is 0 Å². The first-order valence-electron chi connectivity index (χ1n) is 8.74. The van der Waals surface area contributed by atoms with Crippen molar-refractivity contribution in [2.45, 2.75) is 82.6 Å². The van der Waals surface area contributed by atoms with Crippen molar-refractivity contribution in [1.82, 2.24) is 4.90 Å². The van der Waals surface area contributed by atoms with Gasteiger partial charge in [-0.05, 0) is 69.9 Å². The number of nitrogens with two attached hydrogens (primary N) is 1. The molecule has 2 aliphatic carbocycles. The van der Waals surface area contributed by atoms with Crippen LogP contribution in [0, 0.1) is 5.41 Å². The molecule has 0 aromatic heterocycles. The average Bonchev–Trinajstić information content (AvgIpc) is 2.74. The maximum absolute atomic E-state index is 6.27. The van der Waals surface area contributed by atoms with Crippen LogP contribution in [0.25, 0.3) is 0 Å². The van der Waals surface area contributed by atoms with Crippen LogP contribution >= 0.6 is 0 Å². The maximum Gasteiger partial charge on any atom is 0.0332 e. The molecule has 3 rings (SSSR count). The lowest BCUT2D eigenvalue weighted by Crippen LogP contribution is -2.57. The molecule has 19 heavy (non-hydrogen) atoms. The summed E-state index contributed by atoms with van der Waals surface area (Å²) in [4.78, 5) is 2.79. The van der Waals surface area contributed by atoms with Crippen molar-refractivity contribution >= 4 is 0 Å². The lowest BCUT2D eigenvalue weighted by molar-refractivity contribution is 0.0158. The predicted molar refractivity (Wildman–Crippen MR) is 81.2 cm³/mol. The summed E-state index contributed by atoms with van der Waals surface area (Å²) in [6.07, 6.45) is 17.3. The van der Waals surface area contributed by atoms with E-state index in [0.29, 0.717) is 5.54 Å². The summed E-state index contributed by atoms with van der Waals surface area (Å²) >= 11 is 0. The molecule has 1 aliphatic heterocycles. The quantitative estimate of drug-likeness (QED) is 0.824. The van der Waals surface area contributed by atoms with Crippen molar-refractivity contribution < 1.29 is 0 Å². The van der Waals surface area contributed by atoms with Crippen molar-refractivity contribution in [2.24, 2.45) is 11.1 Å². The fourth-order valence-corrected chi connectivity index (χ4v) is 5.07. The van der Waals surface area contributed by atoms with Crippen LogP contribution in [0.2, 0.25) is 0 Å². The van der Waals surface area contributed by atoms with Crippen molar-refractivity contribution in [3.05, 3.63) is 0 Å². The largest absolute Gasteiger partial charge is 0.329 e. The molecule has 0 atom stereocenters. The number of rotatable bonds is 2. The molecule has 0 aromatic carbocycles. The highest BCUT2D eigenvalue weighted by Crippen LogP contribution is 2.52. The Hall–Kier alpha value is -0.0800. The number of hydrogen-bond donors (Lipinski definition) is 1. The Kier molecular flexibility index (Phi) is 4.19. The van der Waals surface area contributed by atoms with Gasteiger partial charge in [-0.3, -0.25) is 4.90 Å². The summed E-state index contributed by atoms with van der Waals surface area (Å²) in [6, 6.07) is 0. The molecule has 0 aromatic rings. The summed E-state index contributed by atoms with van der Waals surface area (Å²) < 4.78 is 0. The molecule has 2 saturated carbocycles. The first kappa shape index (κ1) is 13.9. The van der Waals surface area contributed by atoms with Crippen LogP contribution in [0.1, 0.15) is 77.0 Å². The zero-order valence-electron chi connectivity index (χ0n) is 12.6. The molecule has 1 saturated heterocycles. The molecule has 2 N–H and O–H groups in total. The van der Waals surface area contributed by atoms with Crippen molar-refractivity contribution in [2.75, 3.05) is 19.6 Å². The Morgan fingerprint density at radius 1 is 0.684 bits per heavy atom. The number of nitrogens with zero attached hydrogens (tertiary/aromatic N) is 1. The molecule has 0 bridgehead atoms. The Bertz CT molecular complexity index is 276. The molecule has 3 fully saturated rings. The van der Waals surface area contributed by atoms with Gasteiger partial charge in [0.15, 0.2) is 0 Å². The maximum atomic E-state index is 6.27. The zero-order chi connectivity index (χ0) is 13.2. The van der Waals surface area contributed by atoms with Gasteiger partial charge < -0.3 is 5.73 Å². The minimum Gasteiger partial charge on any atom is -0.329 e. The van der Waals surface area contributed by atoms with Gasteiger partial charge in [0, 0.05) is 12.1 Å². The summed E-state index contributed by atoms with van der Waals surface area (Å²) in [5.74, 6) is 0. The van der Waals surface area contributed by atoms with E-state index in [-0.39, 0.29) is 0 Å². The number of likely N-dealkylation sites (tertiary alicyclic amines) is 1. The second kappa shape index (κ2) is 5.73. The van der Waals surface area contributed by atoms with Gasteiger partial charge in [0.05, 0.1) is 0 Å². The van der Waals surface area contributed by atoms with Gasteiger partial charge in [-0.15, -0.1) is 0 Å². The second-order valence-electron chi connectivity index (χ2n) is 7.54. The third-order valence-electron chi connectivity index (χ3n) is 6.56. The fraction of sp³-hybridized carbons (Fsp3) is 1.00. The molecule has 0 radical (unpaired) electrons. The Morgan fingerprint density at radius 3 is 1.79 bits per heavy atom. The molecule has 3 aliphatic rings. The summed E-state index contributed by atoms with van der Waals surface area (Å²) in [5.41, 5.74) is 7.38. The lowest BCUT2D eigenvalue weighted by atomic mass is 9.66. The van der Waals surface area contributed by atoms with Gasteiger partial charge in [0.2, 0.25) is 0 Å². The van der Waals surface area contributed by atoms with Gasteiger partial charge in [-0.2, -0.15) is 0 Å². The Morgan fingerprint density at radius 2 is 1.26 bits per heavy atom. The van der Waals surface area contributed by atoms with E-state index in [1.165, 1.54) is 90.1 Å². The predicted octanol–water partition coefficient (Wildman–Crippen LogP) is 3.69. The van der Waals surface area contributed by atoms with E-state index in [4.69, 9.17) is 5.73 Å². The smallest absolute Gasteiger partial charge is 0.0332 e. The summed E-state index contributed by atoms with van der Waals surface area (Å²) in [5, 5.41) is 0. The Labute approximate surface area is 119 Å². The van der Waals surface area contributed by atoms with Crippen molar-refractivity contribution in [3.8, 4) is 0 Å². The third-order valence-corrected chi connectivity index (χ3v) is 6.56. The highest BCUT2D eigenvalue weighted by molar-refractivity contribution is 5.01. The SMILES string of the molecule is NCC1(N2CCCCCC2)CCC2(CCCC2)CC1. The van der Waals surface area contributed by atoms with Crippen LogP contribution < -0.4 is 5.73 Å². The second-order valence-corrected chi connectivity index (χ2v) is 7.54. The van der Waals surface area contributed by atoms with Crippen LogP contribution in [-0.2, 0) is 0 Å². The van der Waals surface area contributed by atoms with Gasteiger partial charge >= 0.3 is 0 Å². The van der Waals surface area contributed by atoms with Crippen LogP contribution in [0.5, 0.6) is 0 Å². The van der Waals surface area contributed by atoms with Crippen LogP contribution in [0.4, 0.5) is 0 Å². The topological polar surface area (TPSA) is 29.3 Å². The molecule has 2 nitrogen and oxygen atoms in total. The van der Waals surface area contributed by atoms with E-state index in [0.717, 1.165) is 12.0 Å². The lowest BCUT2D eigenvalue weighted by Gasteiger charge is -2.50. The standard InChI is InChI=1S/C17H32N2/c18-15-17(19-13-5-1-2-6-14-19)11-9-16(10-12-17)7-3-4-8-16/h1-15,18H2. The average molecular weight is 264 g/mol. The van der Waals surface area contributed by atoms with Crippen LogP contribution in [0.15, 0.2) is 0 Å². The molecule has 0 unspecified atom stereocenters.